The van der Waals surface area contributed by atoms with Crippen molar-refractivity contribution in [3.8, 4) is 0 Å². The lowest BCUT2D eigenvalue weighted by atomic mass is 9.99. The zero-order valence-electron chi connectivity index (χ0n) is 14.7. The number of carbonyl (C=O) groups is 1. The molecule has 0 aliphatic heterocycles. The molecule has 2 heterocycles. The molecule has 3 aromatic rings. The van der Waals surface area contributed by atoms with Crippen LogP contribution >= 0.6 is 23.1 Å². The van der Waals surface area contributed by atoms with E-state index in [2.05, 4.69) is 9.97 Å². The van der Waals surface area contributed by atoms with Crippen LogP contribution in [0, 0.1) is 0 Å². The molecule has 26 heavy (non-hydrogen) atoms. The van der Waals surface area contributed by atoms with Gasteiger partial charge in [-0.1, -0.05) is 62.0 Å². The van der Waals surface area contributed by atoms with Gasteiger partial charge >= 0.3 is 0 Å². The minimum Gasteiger partial charge on any atom is -0.301 e. The molecule has 134 valence electrons. The highest BCUT2D eigenvalue weighted by Gasteiger charge is 2.16. The van der Waals surface area contributed by atoms with Gasteiger partial charge in [-0.15, -0.1) is 11.3 Å². The van der Waals surface area contributed by atoms with Crippen molar-refractivity contribution >= 4 is 28.9 Å². The molecule has 4 nitrogen and oxygen atoms in total. The molecule has 0 spiro atoms. The number of nitrogens with zero attached hydrogens (tertiary/aromatic N) is 1. The van der Waals surface area contributed by atoms with Gasteiger partial charge in [-0.2, -0.15) is 0 Å². The zero-order chi connectivity index (χ0) is 18.5. The van der Waals surface area contributed by atoms with Crippen LogP contribution < -0.4 is 5.56 Å². The highest BCUT2D eigenvalue weighted by atomic mass is 32.2. The summed E-state index contributed by atoms with van der Waals surface area (Å²) in [5, 5.41) is 2.38. The fourth-order valence-corrected chi connectivity index (χ4v) is 4.26. The average Bonchev–Trinajstić information content (AvgIpc) is 3.14. The van der Waals surface area contributed by atoms with Gasteiger partial charge in [0.15, 0.2) is 10.9 Å². The number of thiophene rings is 1. The lowest BCUT2D eigenvalue weighted by Crippen LogP contribution is -2.20. The van der Waals surface area contributed by atoms with Crippen LogP contribution in [0.25, 0.3) is 0 Å². The Balaban J connectivity index is 1.85. The number of rotatable bonds is 7. The van der Waals surface area contributed by atoms with Crippen LogP contribution in [0.2, 0.25) is 0 Å². The molecular formula is C20H20N2O2S2. The first kappa shape index (κ1) is 18.6. The van der Waals surface area contributed by atoms with Gasteiger partial charge in [0, 0.05) is 12.0 Å². The number of hydrogen-bond acceptors (Lipinski definition) is 5. The Labute approximate surface area is 160 Å². The van der Waals surface area contributed by atoms with E-state index in [1.807, 2.05) is 61.7 Å². The Morgan fingerprint density at radius 2 is 1.96 bits per heavy atom. The first-order valence-electron chi connectivity index (χ1n) is 8.41. The predicted octanol–water partition coefficient (Wildman–Crippen LogP) is 4.52. The van der Waals surface area contributed by atoms with Crippen LogP contribution in [0.4, 0.5) is 0 Å². The number of nitrogens with one attached hydrogen (secondary N) is 1. The largest absolute Gasteiger partial charge is 0.301 e. The second-order valence-electron chi connectivity index (χ2n) is 6.24. The molecule has 1 N–H and O–H groups in total. The highest BCUT2D eigenvalue weighted by Crippen LogP contribution is 2.21. The number of aromatic amines is 1. The monoisotopic (exact) mass is 384 g/mol. The van der Waals surface area contributed by atoms with Crippen LogP contribution in [-0.2, 0) is 6.42 Å². The van der Waals surface area contributed by atoms with Gasteiger partial charge in [-0.25, -0.2) is 4.98 Å². The topological polar surface area (TPSA) is 62.8 Å². The van der Waals surface area contributed by atoms with Crippen molar-refractivity contribution < 1.29 is 4.79 Å². The van der Waals surface area contributed by atoms with E-state index < -0.39 is 0 Å². The summed E-state index contributed by atoms with van der Waals surface area (Å²) in [5.41, 5.74) is 2.48. The molecule has 2 aromatic heterocycles. The Bertz CT molecular complexity index is 932. The second-order valence-corrected chi connectivity index (χ2v) is 8.15. The molecule has 0 aliphatic carbocycles. The normalized spacial score (nSPS) is 11.0. The molecule has 0 unspecified atom stereocenters. The predicted molar refractivity (Wildman–Crippen MR) is 108 cm³/mol. The van der Waals surface area contributed by atoms with E-state index in [-0.39, 0.29) is 23.0 Å². The van der Waals surface area contributed by atoms with Crippen LogP contribution in [0.3, 0.4) is 0 Å². The lowest BCUT2D eigenvalue weighted by Gasteiger charge is -2.12. The van der Waals surface area contributed by atoms with Crippen molar-refractivity contribution in [2.45, 2.75) is 31.3 Å². The van der Waals surface area contributed by atoms with E-state index in [1.54, 1.807) is 0 Å². The Morgan fingerprint density at radius 3 is 2.62 bits per heavy atom. The summed E-state index contributed by atoms with van der Waals surface area (Å²) in [6.07, 6.45) is 0.602. The van der Waals surface area contributed by atoms with Gasteiger partial charge in [0.2, 0.25) is 0 Å². The molecule has 0 amide bonds. The molecule has 3 rings (SSSR count). The van der Waals surface area contributed by atoms with Crippen LogP contribution in [0.1, 0.15) is 46.3 Å². The molecule has 1 aromatic carbocycles. The summed E-state index contributed by atoms with van der Waals surface area (Å²) in [6.45, 7) is 3.99. The van der Waals surface area contributed by atoms with E-state index in [1.165, 1.54) is 23.1 Å². The van der Waals surface area contributed by atoms with E-state index in [0.717, 1.165) is 16.1 Å². The Kier molecular flexibility index (Phi) is 6.06. The SMILES string of the molecule is CC(C)c1c(Cc2ccccc2)nc(SCC(=O)c2cccs2)[nH]c1=O. The number of aromatic nitrogens is 2. The quantitative estimate of drug-likeness (QED) is 0.369. The number of Topliss-reactive ketones (excluding diaryl/α,β-unsaturated/α-hetero) is 1. The Hall–Kier alpha value is -2.18. The summed E-state index contributed by atoms with van der Waals surface area (Å²) in [6, 6.07) is 13.7. The number of hydrogen-bond donors (Lipinski definition) is 1. The third kappa shape index (κ3) is 4.51. The fourth-order valence-electron chi connectivity index (χ4n) is 2.74. The lowest BCUT2D eigenvalue weighted by molar-refractivity contribution is 0.102. The van der Waals surface area contributed by atoms with Crippen molar-refractivity contribution in [3.63, 3.8) is 0 Å². The number of thioether (sulfide) groups is 1. The highest BCUT2D eigenvalue weighted by molar-refractivity contribution is 7.99. The first-order valence-corrected chi connectivity index (χ1v) is 10.3. The number of H-pyrrole nitrogens is 1. The average molecular weight is 385 g/mol. The van der Waals surface area contributed by atoms with Gasteiger partial charge in [-0.05, 0) is 22.9 Å². The molecule has 0 saturated heterocycles. The van der Waals surface area contributed by atoms with Gasteiger partial charge in [0.05, 0.1) is 16.3 Å². The minimum atomic E-state index is -0.119. The third-order valence-corrected chi connectivity index (χ3v) is 5.72. The summed E-state index contributed by atoms with van der Waals surface area (Å²) in [5.74, 6) is 0.386. The Morgan fingerprint density at radius 1 is 1.19 bits per heavy atom. The van der Waals surface area contributed by atoms with E-state index in [4.69, 9.17) is 0 Å². The van der Waals surface area contributed by atoms with Gasteiger partial charge in [0.25, 0.3) is 5.56 Å². The summed E-state index contributed by atoms with van der Waals surface area (Å²) in [7, 11) is 0. The summed E-state index contributed by atoms with van der Waals surface area (Å²) in [4.78, 5) is 33.0. The van der Waals surface area contributed by atoms with Crippen LogP contribution in [0.5, 0.6) is 0 Å². The maximum atomic E-state index is 12.6. The zero-order valence-corrected chi connectivity index (χ0v) is 16.3. The first-order chi connectivity index (χ1) is 12.5. The van der Waals surface area contributed by atoms with Crippen molar-refractivity contribution in [2.24, 2.45) is 0 Å². The molecule has 6 heteroatoms. The number of carbonyl (C=O) groups excluding carboxylic acids is 1. The van der Waals surface area contributed by atoms with Crippen molar-refractivity contribution in [1.82, 2.24) is 9.97 Å². The molecule has 0 saturated carbocycles. The second kappa shape index (κ2) is 8.47. The standard InChI is InChI=1S/C20H20N2O2S2/c1-13(2)18-15(11-14-7-4-3-5-8-14)21-20(22-19(18)24)26-12-16(23)17-9-6-10-25-17/h3-10,13H,11-12H2,1-2H3,(H,21,22,24). The number of ketones is 1. The van der Waals surface area contributed by atoms with Crippen LogP contribution in [0.15, 0.2) is 57.8 Å². The fraction of sp³-hybridized carbons (Fsp3) is 0.250. The van der Waals surface area contributed by atoms with Crippen molar-refractivity contribution in [2.75, 3.05) is 5.75 Å². The van der Waals surface area contributed by atoms with Gasteiger partial charge in [0.1, 0.15) is 0 Å². The van der Waals surface area contributed by atoms with Crippen molar-refractivity contribution in [3.05, 3.63) is 79.9 Å². The molecule has 0 fully saturated rings. The minimum absolute atomic E-state index is 0.0465. The molecule has 0 atom stereocenters. The maximum absolute atomic E-state index is 12.6. The smallest absolute Gasteiger partial charge is 0.255 e. The van der Waals surface area contributed by atoms with E-state index in [9.17, 15) is 9.59 Å². The van der Waals surface area contributed by atoms with Gasteiger partial charge < -0.3 is 4.98 Å². The van der Waals surface area contributed by atoms with Gasteiger partial charge in [-0.3, -0.25) is 9.59 Å². The number of benzene rings is 1. The summed E-state index contributed by atoms with van der Waals surface area (Å²) >= 11 is 2.70. The molecule has 0 radical (unpaired) electrons. The van der Waals surface area contributed by atoms with Crippen molar-refractivity contribution in [1.29, 1.82) is 0 Å². The van der Waals surface area contributed by atoms with E-state index >= 15 is 0 Å². The maximum Gasteiger partial charge on any atom is 0.255 e. The summed E-state index contributed by atoms with van der Waals surface area (Å²) < 4.78 is 0. The van der Waals surface area contributed by atoms with Crippen LogP contribution in [-0.4, -0.2) is 21.5 Å². The molecular weight excluding hydrogens is 364 g/mol. The molecule has 0 bridgehead atoms. The van der Waals surface area contributed by atoms with E-state index in [0.29, 0.717) is 17.1 Å². The molecule has 0 aliphatic rings. The third-order valence-electron chi connectivity index (χ3n) is 3.94.